The van der Waals surface area contributed by atoms with E-state index in [0.717, 1.165) is 4.47 Å². The summed E-state index contributed by atoms with van der Waals surface area (Å²) in [5.41, 5.74) is 1.13. The van der Waals surface area contributed by atoms with Gasteiger partial charge in [0.15, 0.2) is 5.11 Å². The molecule has 2 aromatic carbocycles. The maximum absolute atomic E-state index is 13.1. The lowest BCUT2D eigenvalue weighted by atomic mass is 10.0. The molecular formula is C19H15BrN4O4S. The fraction of sp³-hybridized carbons (Fsp3) is 0.105. The maximum Gasteiger partial charge on any atom is 0.270 e. The van der Waals surface area contributed by atoms with E-state index in [1.54, 1.807) is 49.3 Å². The average molecular weight is 475 g/mol. The number of hydrogen-bond acceptors (Lipinski definition) is 6. The molecule has 0 spiro atoms. The first-order valence-electron chi connectivity index (χ1n) is 8.32. The smallest absolute Gasteiger partial charge is 0.270 e. The number of amides is 2. The number of hydrogen-bond donors (Lipinski definition) is 1. The van der Waals surface area contributed by atoms with Gasteiger partial charge in [0, 0.05) is 42.0 Å². The van der Waals surface area contributed by atoms with Crippen LogP contribution in [-0.4, -0.2) is 35.9 Å². The van der Waals surface area contributed by atoms with Crippen molar-refractivity contribution in [1.82, 2.24) is 5.32 Å². The second kappa shape index (κ2) is 8.10. The molecule has 2 amide bonds. The fourth-order valence-corrected chi connectivity index (χ4v) is 3.51. The van der Waals surface area contributed by atoms with Crippen LogP contribution >= 0.6 is 28.1 Å². The van der Waals surface area contributed by atoms with Crippen LogP contribution in [0.15, 0.2) is 52.5 Å². The highest BCUT2D eigenvalue weighted by Gasteiger charge is 2.34. The van der Waals surface area contributed by atoms with Crippen molar-refractivity contribution in [3.05, 3.63) is 68.2 Å². The van der Waals surface area contributed by atoms with Gasteiger partial charge in [-0.1, -0.05) is 22.0 Å². The number of nitrogens with one attached hydrogen (secondary N) is 1. The van der Waals surface area contributed by atoms with E-state index < -0.39 is 16.7 Å². The standard InChI is InChI=1S/C19H15BrN4O4S/c1-22(2)16-7-6-14(24(27)28)8-11(16)9-15-17(25)21-19(29)23(18(15)26)13-5-3-4-12(20)10-13/h3-10H,1-2H3,(H,21,25,29)/b15-9-. The van der Waals surface area contributed by atoms with Gasteiger partial charge >= 0.3 is 0 Å². The van der Waals surface area contributed by atoms with Crippen LogP contribution in [0.1, 0.15) is 5.56 Å². The highest BCUT2D eigenvalue weighted by Crippen LogP contribution is 2.29. The van der Waals surface area contributed by atoms with Crippen LogP contribution in [0.25, 0.3) is 6.08 Å². The molecule has 1 N–H and O–H groups in total. The van der Waals surface area contributed by atoms with Gasteiger partial charge in [-0.2, -0.15) is 0 Å². The largest absolute Gasteiger partial charge is 0.377 e. The molecule has 8 nitrogen and oxygen atoms in total. The third-order valence-corrected chi connectivity index (χ3v) is 4.95. The van der Waals surface area contributed by atoms with Crippen LogP contribution in [0.2, 0.25) is 0 Å². The zero-order chi connectivity index (χ0) is 21.3. The molecule has 1 aliphatic rings. The predicted octanol–water partition coefficient (Wildman–Crippen LogP) is 3.25. The summed E-state index contributed by atoms with van der Waals surface area (Å²) < 4.78 is 0.738. The Labute approximate surface area is 180 Å². The number of non-ortho nitro benzene ring substituents is 1. The normalized spacial score (nSPS) is 15.5. The van der Waals surface area contributed by atoms with E-state index in [1.165, 1.54) is 23.1 Å². The SMILES string of the molecule is CN(C)c1ccc([N+](=O)[O-])cc1/C=C1/C(=O)NC(=S)N(c2cccc(Br)c2)C1=O. The van der Waals surface area contributed by atoms with Crippen molar-refractivity contribution < 1.29 is 14.5 Å². The molecule has 29 heavy (non-hydrogen) atoms. The summed E-state index contributed by atoms with van der Waals surface area (Å²) in [6.07, 6.45) is 1.34. The number of carbonyl (C=O) groups is 2. The Morgan fingerprint density at radius 2 is 1.93 bits per heavy atom. The molecule has 3 rings (SSSR count). The fourth-order valence-electron chi connectivity index (χ4n) is 2.84. The lowest BCUT2D eigenvalue weighted by molar-refractivity contribution is -0.384. The second-order valence-corrected chi connectivity index (χ2v) is 7.63. The molecule has 0 aromatic heterocycles. The third kappa shape index (κ3) is 4.17. The third-order valence-electron chi connectivity index (χ3n) is 4.17. The summed E-state index contributed by atoms with van der Waals surface area (Å²) in [4.78, 5) is 39.2. The van der Waals surface area contributed by atoms with Crippen LogP contribution in [0.3, 0.4) is 0 Å². The van der Waals surface area contributed by atoms with E-state index in [-0.39, 0.29) is 16.4 Å². The van der Waals surface area contributed by atoms with Gasteiger partial charge in [0.25, 0.3) is 17.5 Å². The molecule has 1 fully saturated rings. The Kier molecular flexibility index (Phi) is 5.76. The van der Waals surface area contributed by atoms with E-state index in [2.05, 4.69) is 21.2 Å². The molecule has 0 unspecified atom stereocenters. The molecule has 0 aliphatic carbocycles. The molecule has 10 heteroatoms. The summed E-state index contributed by atoms with van der Waals surface area (Å²) in [5.74, 6) is -1.28. The zero-order valence-electron chi connectivity index (χ0n) is 15.4. The first kappa shape index (κ1) is 20.6. The number of thiocarbonyl (C=S) groups is 1. The van der Waals surface area contributed by atoms with E-state index >= 15 is 0 Å². The van der Waals surface area contributed by atoms with Crippen molar-refractivity contribution in [1.29, 1.82) is 0 Å². The first-order valence-corrected chi connectivity index (χ1v) is 9.52. The van der Waals surface area contributed by atoms with Crippen molar-refractivity contribution in [2.45, 2.75) is 0 Å². The molecule has 1 saturated heterocycles. The Morgan fingerprint density at radius 3 is 2.55 bits per heavy atom. The lowest BCUT2D eigenvalue weighted by Gasteiger charge is -2.29. The van der Waals surface area contributed by atoms with Crippen molar-refractivity contribution in [2.24, 2.45) is 0 Å². The van der Waals surface area contributed by atoms with Gasteiger partial charge < -0.3 is 4.90 Å². The van der Waals surface area contributed by atoms with E-state index in [0.29, 0.717) is 16.9 Å². The van der Waals surface area contributed by atoms with Gasteiger partial charge in [-0.15, -0.1) is 0 Å². The van der Waals surface area contributed by atoms with Gasteiger partial charge in [0.2, 0.25) is 0 Å². The van der Waals surface area contributed by atoms with Gasteiger partial charge in [0.05, 0.1) is 10.6 Å². The molecule has 0 saturated carbocycles. The van der Waals surface area contributed by atoms with Crippen molar-refractivity contribution in [2.75, 3.05) is 23.9 Å². The molecular weight excluding hydrogens is 460 g/mol. The lowest BCUT2D eigenvalue weighted by Crippen LogP contribution is -2.54. The Hall–Kier alpha value is -3.11. The number of halogens is 1. The van der Waals surface area contributed by atoms with Gasteiger partial charge in [-0.3, -0.25) is 29.9 Å². The summed E-state index contributed by atoms with van der Waals surface area (Å²) in [6, 6.07) is 11.2. The minimum Gasteiger partial charge on any atom is -0.377 e. The van der Waals surface area contributed by atoms with Gasteiger partial charge in [-0.25, -0.2) is 0 Å². The molecule has 1 aliphatic heterocycles. The van der Waals surface area contributed by atoms with E-state index in [1.807, 2.05) is 0 Å². The van der Waals surface area contributed by atoms with Crippen molar-refractivity contribution >= 4 is 68.2 Å². The van der Waals surface area contributed by atoms with Crippen LogP contribution in [0, 0.1) is 10.1 Å². The topological polar surface area (TPSA) is 95.8 Å². The maximum atomic E-state index is 13.1. The summed E-state index contributed by atoms with van der Waals surface area (Å²) in [6.45, 7) is 0. The molecule has 0 atom stereocenters. The summed E-state index contributed by atoms with van der Waals surface area (Å²) in [7, 11) is 3.52. The van der Waals surface area contributed by atoms with Crippen LogP contribution in [-0.2, 0) is 9.59 Å². The van der Waals surface area contributed by atoms with Crippen LogP contribution in [0.5, 0.6) is 0 Å². The van der Waals surface area contributed by atoms with Crippen LogP contribution < -0.4 is 15.1 Å². The van der Waals surface area contributed by atoms with Crippen molar-refractivity contribution in [3.8, 4) is 0 Å². The number of nitro benzene ring substituents is 1. The molecule has 148 valence electrons. The monoisotopic (exact) mass is 474 g/mol. The Balaban J connectivity index is 2.12. The zero-order valence-corrected chi connectivity index (χ0v) is 17.8. The van der Waals surface area contributed by atoms with Gasteiger partial charge in [-0.05, 0) is 42.6 Å². The second-order valence-electron chi connectivity index (χ2n) is 6.33. The number of carbonyl (C=O) groups excluding carboxylic acids is 2. The quantitative estimate of drug-likeness (QED) is 0.240. The molecule has 0 bridgehead atoms. The summed E-state index contributed by atoms with van der Waals surface area (Å²) >= 11 is 8.52. The highest BCUT2D eigenvalue weighted by molar-refractivity contribution is 9.10. The number of nitrogens with zero attached hydrogens (tertiary/aromatic N) is 3. The minimum atomic E-state index is -0.664. The van der Waals surface area contributed by atoms with Gasteiger partial charge in [0.1, 0.15) is 5.57 Å². The Bertz CT molecular complexity index is 1080. The minimum absolute atomic E-state index is 0.0397. The molecule has 2 aromatic rings. The molecule has 0 radical (unpaired) electrons. The number of nitro groups is 1. The van der Waals surface area contributed by atoms with Crippen LogP contribution in [0.4, 0.5) is 17.1 Å². The number of anilines is 2. The molecule has 1 heterocycles. The average Bonchev–Trinajstić information content (AvgIpc) is 2.64. The van der Waals surface area contributed by atoms with E-state index in [9.17, 15) is 19.7 Å². The number of benzene rings is 2. The van der Waals surface area contributed by atoms with Crippen molar-refractivity contribution in [3.63, 3.8) is 0 Å². The highest BCUT2D eigenvalue weighted by atomic mass is 79.9. The summed E-state index contributed by atoms with van der Waals surface area (Å²) in [5, 5.41) is 13.6. The first-order chi connectivity index (χ1) is 13.7. The Morgan fingerprint density at radius 1 is 1.21 bits per heavy atom. The predicted molar refractivity (Wildman–Crippen MR) is 118 cm³/mol. The van der Waals surface area contributed by atoms with E-state index in [4.69, 9.17) is 12.2 Å². The number of rotatable bonds is 4.